The molecule has 1 aliphatic carbocycles. The molecule has 1 N–H and O–H groups in total. The van der Waals surface area contributed by atoms with Gasteiger partial charge in [0, 0.05) is 18.4 Å². The van der Waals surface area contributed by atoms with Gasteiger partial charge in [-0.25, -0.2) is 0 Å². The Bertz CT molecular complexity index is 645. The third kappa shape index (κ3) is 3.92. The predicted molar refractivity (Wildman–Crippen MR) is 91.7 cm³/mol. The molecule has 1 amide bonds. The molecule has 0 spiro atoms. The summed E-state index contributed by atoms with van der Waals surface area (Å²) in [4.78, 5) is 12.1. The molecule has 1 saturated carbocycles. The number of aryl methyl sites for hydroxylation is 1. The van der Waals surface area contributed by atoms with E-state index < -0.39 is 0 Å². The molecule has 0 aliphatic heterocycles. The summed E-state index contributed by atoms with van der Waals surface area (Å²) in [6, 6.07) is 18.4. The highest BCUT2D eigenvalue weighted by molar-refractivity contribution is 5.76. The van der Waals surface area contributed by atoms with Crippen LogP contribution in [0.4, 0.5) is 0 Å². The highest BCUT2D eigenvalue weighted by Crippen LogP contribution is 2.47. The summed E-state index contributed by atoms with van der Waals surface area (Å²) < 4.78 is 5.14. The average Bonchev–Trinajstić information content (AvgIpc) is 3.41. The lowest BCUT2D eigenvalue weighted by Gasteiger charge is -2.16. The van der Waals surface area contributed by atoms with Gasteiger partial charge < -0.3 is 10.1 Å². The Balaban J connectivity index is 1.46. The van der Waals surface area contributed by atoms with Crippen molar-refractivity contribution in [3.8, 4) is 5.75 Å². The second-order valence-corrected chi connectivity index (χ2v) is 6.27. The number of amides is 1. The van der Waals surface area contributed by atoms with E-state index in [1.165, 1.54) is 5.56 Å². The number of hydrogen-bond acceptors (Lipinski definition) is 2. The Labute approximate surface area is 137 Å². The van der Waals surface area contributed by atoms with Crippen molar-refractivity contribution >= 4 is 5.91 Å². The first-order chi connectivity index (χ1) is 11.2. The normalized spacial score (nSPS) is 15.0. The Kier molecular flexibility index (Phi) is 4.65. The van der Waals surface area contributed by atoms with E-state index in [2.05, 4.69) is 29.6 Å². The van der Waals surface area contributed by atoms with Crippen LogP contribution in [-0.4, -0.2) is 19.6 Å². The number of benzene rings is 2. The van der Waals surface area contributed by atoms with Crippen LogP contribution >= 0.6 is 0 Å². The van der Waals surface area contributed by atoms with Gasteiger partial charge in [0.2, 0.25) is 5.91 Å². The van der Waals surface area contributed by atoms with Crippen molar-refractivity contribution in [3.63, 3.8) is 0 Å². The molecule has 120 valence electrons. The van der Waals surface area contributed by atoms with Crippen molar-refractivity contribution in [3.05, 3.63) is 65.7 Å². The van der Waals surface area contributed by atoms with Crippen LogP contribution in [0.15, 0.2) is 54.6 Å². The number of hydrogen-bond donors (Lipinski definition) is 1. The molecule has 1 aliphatic rings. The number of carbonyl (C=O) groups is 1. The number of carbonyl (C=O) groups excluding carboxylic acids is 1. The standard InChI is InChI=1S/C20H23NO2/c1-23-18-10-7-16(8-11-18)9-12-19(22)21-15-20(13-14-20)17-5-3-2-4-6-17/h2-8,10-11H,9,12-15H2,1H3,(H,21,22). The summed E-state index contributed by atoms with van der Waals surface area (Å²) in [6.07, 6.45) is 3.61. The van der Waals surface area contributed by atoms with Crippen LogP contribution < -0.4 is 10.1 Å². The minimum Gasteiger partial charge on any atom is -0.497 e. The molecule has 3 heteroatoms. The van der Waals surface area contributed by atoms with Crippen LogP contribution in [0.2, 0.25) is 0 Å². The minimum atomic E-state index is 0.128. The van der Waals surface area contributed by atoms with Gasteiger partial charge in [0.05, 0.1) is 7.11 Å². The van der Waals surface area contributed by atoms with Crippen LogP contribution in [0.3, 0.4) is 0 Å². The number of rotatable bonds is 7. The molecule has 0 aromatic heterocycles. The molecule has 0 unspecified atom stereocenters. The van der Waals surface area contributed by atoms with Gasteiger partial charge in [-0.05, 0) is 42.5 Å². The fraction of sp³-hybridized carbons (Fsp3) is 0.350. The molecule has 1 fully saturated rings. The van der Waals surface area contributed by atoms with Gasteiger partial charge in [0.25, 0.3) is 0 Å². The predicted octanol–water partition coefficient (Wildman–Crippen LogP) is 3.48. The summed E-state index contributed by atoms with van der Waals surface area (Å²) in [5.41, 5.74) is 2.68. The quantitative estimate of drug-likeness (QED) is 0.850. The molecule has 3 nitrogen and oxygen atoms in total. The molecule has 3 rings (SSSR count). The first-order valence-corrected chi connectivity index (χ1v) is 8.17. The van der Waals surface area contributed by atoms with Crippen molar-refractivity contribution in [1.82, 2.24) is 5.32 Å². The first-order valence-electron chi connectivity index (χ1n) is 8.17. The van der Waals surface area contributed by atoms with Crippen LogP contribution in [0.25, 0.3) is 0 Å². The van der Waals surface area contributed by atoms with E-state index in [4.69, 9.17) is 4.74 Å². The van der Waals surface area contributed by atoms with Crippen molar-refractivity contribution in [2.45, 2.75) is 31.1 Å². The molecule has 0 bridgehead atoms. The second-order valence-electron chi connectivity index (χ2n) is 6.27. The second kappa shape index (κ2) is 6.86. The zero-order valence-electron chi connectivity index (χ0n) is 13.5. The Morgan fingerprint density at radius 3 is 2.39 bits per heavy atom. The van der Waals surface area contributed by atoms with Gasteiger partial charge >= 0.3 is 0 Å². The molecular weight excluding hydrogens is 286 g/mol. The highest BCUT2D eigenvalue weighted by Gasteiger charge is 2.44. The Morgan fingerprint density at radius 2 is 1.78 bits per heavy atom. The minimum absolute atomic E-state index is 0.128. The van der Waals surface area contributed by atoms with E-state index in [1.54, 1.807) is 7.11 Å². The summed E-state index contributed by atoms with van der Waals surface area (Å²) >= 11 is 0. The zero-order chi connectivity index (χ0) is 16.1. The molecule has 2 aromatic carbocycles. The van der Waals surface area contributed by atoms with Gasteiger partial charge in [-0.1, -0.05) is 42.5 Å². The largest absolute Gasteiger partial charge is 0.497 e. The van der Waals surface area contributed by atoms with Crippen LogP contribution in [0.5, 0.6) is 5.75 Å². The molecule has 0 radical (unpaired) electrons. The Hall–Kier alpha value is -2.29. The van der Waals surface area contributed by atoms with Gasteiger partial charge in [-0.15, -0.1) is 0 Å². The zero-order valence-corrected chi connectivity index (χ0v) is 13.5. The maximum absolute atomic E-state index is 12.1. The maximum Gasteiger partial charge on any atom is 0.220 e. The maximum atomic E-state index is 12.1. The van der Waals surface area contributed by atoms with Crippen molar-refractivity contribution < 1.29 is 9.53 Å². The van der Waals surface area contributed by atoms with E-state index in [9.17, 15) is 4.79 Å². The summed E-state index contributed by atoms with van der Waals surface area (Å²) in [6.45, 7) is 0.748. The summed E-state index contributed by atoms with van der Waals surface area (Å²) in [5, 5.41) is 3.11. The lowest BCUT2D eigenvalue weighted by molar-refractivity contribution is -0.121. The number of ether oxygens (including phenoxy) is 1. The van der Waals surface area contributed by atoms with Gasteiger partial charge in [0.15, 0.2) is 0 Å². The van der Waals surface area contributed by atoms with Gasteiger partial charge in [0.1, 0.15) is 5.75 Å². The lowest BCUT2D eigenvalue weighted by Crippen LogP contribution is -2.32. The molecule has 0 saturated heterocycles. The van der Waals surface area contributed by atoms with Gasteiger partial charge in [-0.3, -0.25) is 4.79 Å². The van der Waals surface area contributed by atoms with Crippen LogP contribution in [-0.2, 0) is 16.6 Å². The SMILES string of the molecule is COc1ccc(CCC(=O)NCC2(c3ccccc3)CC2)cc1. The fourth-order valence-corrected chi connectivity index (χ4v) is 2.92. The smallest absolute Gasteiger partial charge is 0.220 e. The van der Waals surface area contributed by atoms with E-state index in [1.807, 2.05) is 30.3 Å². The van der Waals surface area contributed by atoms with Crippen LogP contribution in [0, 0.1) is 0 Å². The summed E-state index contributed by atoms with van der Waals surface area (Å²) in [7, 11) is 1.66. The number of methoxy groups -OCH3 is 1. The lowest BCUT2D eigenvalue weighted by atomic mass is 9.96. The number of nitrogens with one attached hydrogen (secondary N) is 1. The molecule has 0 atom stereocenters. The molecule has 0 heterocycles. The van der Waals surface area contributed by atoms with Crippen molar-refractivity contribution in [2.75, 3.05) is 13.7 Å². The molecule has 2 aromatic rings. The van der Waals surface area contributed by atoms with Crippen molar-refractivity contribution in [1.29, 1.82) is 0 Å². The fourth-order valence-electron chi connectivity index (χ4n) is 2.92. The van der Waals surface area contributed by atoms with E-state index >= 15 is 0 Å². The van der Waals surface area contributed by atoms with E-state index in [0.29, 0.717) is 6.42 Å². The van der Waals surface area contributed by atoms with E-state index in [0.717, 1.165) is 37.1 Å². The average molecular weight is 309 g/mol. The Morgan fingerprint density at radius 1 is 1.09 bits per heavy atom. The molecular formula is C20H23NO2. The third-order valence-corrected chi connectivity index (χ3v) is 4.66. The highest BCUT2D eigenvalue weighted by atomic mass is 16.5. The monoisotopic (exact) mass is 309 g/mol. The summed E-state index contributed by atoms with van der Waals surface area (Å²) in [5.74, 6) is 0.972. The van der Waals surface area contributed by atoms with Crippen LogP contribution in [0.1, 0.15) is 30.4 Å². The van der Waals surface area contributed by atoms with E-state index in [-0.39, 0.29) is 11.3 Å². The first kappa shape index (κ1) is 15.6. The molecule has 23 heavy (non-hydrogen) atoms. The van der Waals surface area contributed by atoms with Gasteiger partial charge in [-0.2, -0.15) is 0 Å². The topological polar surface area (TPSA) is 38.3 Å². The third-order valence-electron chi connectivity index (χ3n) is 4.66. The van der Waals surface area contributed by atoms with Crippen molar-refractivity contribution in [2.24, 2.45) is 0 Å².